The molecule has 0 saturated carbocycles. The summed E-state index contributed by atoms with van der Waals surface area (Å²) in [7, 11) is 0. The van der Waals surface area contributed by atoms with Crippen LogP contribution >= 0.6 is 0 Å². The van der Waals surface area contributed by atoms with E-state index in [0.29, 0.717) is 17.2 Å². The molecule has 0 heterocycles. The van der Waals surface area contributed by atoms with Crippen molar-refractivity contribution in [2.24, 2.45) is 5.16 Å². The third-order valence-electron chi connectivity index (χ3n) is 3.00. The fourth-order valence-electron chi connectivity index (χ4n) is 1.95. The second-order valence-electron chi connectivity index (χ2n) is 4.48. The number of oxime groups is 1. The van der Waals surface area contributed by atoms with Crippen molar-refractivity contribution in [1.29, 1.82) is 0 Å². The van der Waals surface area contributed by atoms with Crippen LogP contribution in [0.3, 0.4) is 0 Å². The molecule has 0 atom stereocenters. The Hall–Kier alpha value is -3.37. The van der Waals surface area contributed by atoms with E-state index >= 15 is 0 Å². The average Bonchev–Trinajstić information content (AvgIpc) is 2.61. The molecular formula is C19H15NO3. The van der Waals surface area contributed by atoms with E-state index in [0.717, 1.165) is 11.1 Å². The minimum Gasteiger partial charge on any atom is -0.481 e. The monoisotopic (exact) mass is 305 g/mol. The maximum Gasteiger partial charge on any atom is 0.148 e. The van der Waals surface area contributed by atoms with Gasteiger partial charge in [-0.1, -0.05) is 17.0 Å². The van der Waals surface area contributed by atoms with Gasteiger partial charge in [-0.25, -0.2) is 0 Å². The first-order valence-corrected chi connectivity index (χ1v) is 6.84. The molecule has 2 aromatic rings. The first kappa shape index (κ1) is 16.0. The molecule has 2 aromatic carbocycles. The van der Waals surface area contributed by atoms with Gasteiger partial charge < -0.3 is 14.7 Å². The smallest absolute Gasteiger partial charge is 0.148 e. The maximum atomic E-state index is 9.33. The van der Waals surface area contributed by atoms with Gasteiger partial charge in [0.2, 0.25) is 0 Å². The highest BCUT2D eigenvalue weighted by atomic mass is 16.5. The Morgan fingerprint density at radius 3 is 1.52 bits per heavy atom. The minimum atomic E-state index is 0.208. The number of hydrogen-bond donors (Lipinski definition) is 1. The van der Waals surface area contributed by atoms with Crippen LogP contribution in [0.5, 0.6) is 11.5 Å². The van der Waals surface area contributed by atoms with Crippen LogP contribution in [0.25, 0.3) is 0 Å². The summed E-state index contributed by atoms with van der Waals surface area (Å²) in [6.45, 7) is 0.416. The molecule has 0 radical (unpaired) electrons. The van der Waals surface area contributed by atoms with E-state index in [-0.39, 0.29) is 13.2 Å². The third kappa shape index (κ3) is 4.30. The van der Waals surface area contributed by atoms with E-state index in [4.69, 9.17) is 22.3 Å². The predicted molar refractivity (Wildman–Crippen MR) is 89.0 cm³/mol. The van der Waals surface area contributed by atoms with E-state index in [9.17, 15) is 5.21 Å². The second-order valence-corrected chi connectivity index (χ2v) is 4.48. The van der Waals surface area contributed by atoms with E-state index in [1.165, 1.54) is 0 Å². The van der Waals surface area contributed by atoms with E-state index in [1.54, 1.807) is 48.5 Å². The lowest BCUT2D eigenvalue weighted by atomic mass is 10.0. The summed E-state index contributed by atoms with van der Waals surface area (Å²) in [6.07, 6.45) is 10.3. The van der Waals surface area contributed by atoms with Crippen LogP contribution in [-0.2, 0) is 0 Å². The lowest BCUT2D eigenvalue weighted by Gasteiger charge is -2.08. The number of terminal acetylenes is 2. The maximum absolute atomic E-state index is 9.33. The highest BCUT2D eigenvalue weighted by Crippen LogP contribution is 2.18. The Labute approximate surface area is 135 Å². The molecule has 0 aliphatic heterocycles. The molecule has 0 amide bonds. The van der Waals surface area contributed by atoms with Crippen LogP contribution in [0, 0.1) is 24.7 Å². The van der Waals surface area contributed by atoms with E-state index in [1.807, 2.05) is 0 Å². The lowest BCUT2D eigenvalue weighted by molar-refractivity contribution is 0.319. The molecule has 0 unspecified atom stereocenters. The van der Waals surface area contributed by atoms with Crippen LogP contribution in [0.15, 0.2) is 53.7 Å². The SMILES string of the molecule is C#CCOc1ccc(C(=NO)c2ccc(OCC#C)cc2)cc1. The van der Waals surface area contributed by atoms with Gasteiger partial charge in [0.1, 0.15) is 30.4 Å². The first-order valence-electron chi connectivity index (χ1n) is 6.84. The summed E-state index contributed by atoms with van der Waals surface area (Å²) in [4.78, 5) is 0. The quantitative estimate of drug-likeness (QED) is 0.386. The van der Waals surface area contributed by atoms with Crippen molar-refractivity contribution in [2.45, 2.75) is 0 Å². The van der Waals surface area contributed by atoms with Gasteiger partial charge in [-0.15, -0.1) is 12.8 Å². The van der Waals surface area contributed by atoms with Gasteiger partial charge in [-0.3, -0.25) is 0 Å². The first-order chi connectivity index (χ1) is 11.3. The van der Waals surface area contributed by atoms with Crippen LogP contribution in [-0.4, -0.2) is 24.1 Å². The zero-order chi connectivity index (χ0) is 16.5. The van der Waals surface area contributed by atoms with Gasteiger partial charge in [0.05, 0.1) is 0 Å². The second kappa shape index (κ2) is 8.17. The number of hydrogen-bond acceptors (Lipinski definition) is 4. The number of rotatable bonds is 6. The Balaban J connectivity index is 2.16. The topological polar surface area (TPSA) is 51.0 Å². The van der Waals surface area contributed by atoms with Crippen LogP contribution in [0.1, 0.15) is 11.1 Å². The van der Waals surface area contributed by atoms with Gasteiger partial charge in [-0.05, 0) is 48.5 Å². The summed E-state index contributed by atoms with van der Waals surface area (Å²) in [6, 6.07) is 14.2. The van der Waals surface area contributed by atoms with Crippen molar-refractivity contribution >= 4 is 5.71 Å². The molecule has 0 spiro atoms. The highest BCUT2D eigenvalue weighted by Gasteiger charge is 2.08. The normalized spacial score (nSPS) is 9.30. The Kier molecular flexibility index (Phi) is 5.68. The molecule has 4 nitrogen and oxygen atoms in total. The Morgan fingerprint density at radius 1 is 0.826 bits per heavy atom. The molecule has 23 heavy (non-hydrogen) atoms. The summed E-state index contributed by atoms with van der Waals surface area (Å²) >= 11 is 0. The zero-order valence-corrected chi connectivity index (χ0v) is 12.4. The Morgan fingerprint density at radius 2 is 1.22 bits per heavy atom. The molecule has 2 rings (SSSR count). The molecule has 4 heteroatoms. The summed E-state index contributed by atoms with van der Waals surface area (Å²) in [5, 5.41) is 12.7. The van der Waals surface area contributed by atoms with E-state index in [2.05, 4.69) is 17.0 Å². The fourth-order valence-corrected chi connectivity index (χ4v) is 1.95. The molecule has 0 aliphatic rings. The van der Waals surface area contributed by atoms with E-state index < -0.39 is 0 Å². The fraction of sp³-hybridized carbons (Fsp3) is 0.105. The molecule has 0 bridgehead atoms. The molecule has 1 N–H and O–H groups in total. The van der Waals surface area contributed by atoms with Gasteiger partial charge in [0.15, 0.2) is 0 Å². The molecular weight excluding hydrogens is 290 g/mol. The van der Waals surface area contributed by atoms with Crippen molar-refractivity contribution in [2.75, 3.05) is 13.2 Å². The van der Waals surface area contributed by atoms with Crippen LogP contribution < -0.4 is 9.47 Å². The summed E-state index contributed by atoms with van der Waals surface area (Å²) in [5.41, 5.74) is 1.94. The third-order valence-corrected chi connectivity index (χ3v) is 3.00. The van der Waals surface area contributed by atoms with Crippen molar-refractivity contribution in [3.63, 3.8) is 0 Å². The lowest BCUT2D eigenvalue weighted by Crippen LogP contribution is -2.04. The predicted octanol–water partition coefficient (Wildman–Crippen LogP) is 2.94. The summed E-state index contributed by atoms with van der Waals surface area (Å²) in [5.74, 6) is 6.11. The van der Waals surface area contributed by atoms with Gasteiger partial charge >= 0.3 is 0 Å². The molecule has 0 aromatic heterocycles. The van der Waals surface area contributed by atoms with Crippen molar-refractivity contribution < 1.29 is 14.7 Å². The van der Waals surface area contributed by atoms with Crippen molar-refractivity contribution in [1.82, 2.24) is 0 Å². The Bertz CT molecular complexity index is 684. The zero-order valence-electron chi connectivity index (χ0n) is 12.4. The molecule has 114 valence electrons. The largest absolute Gasteiger partial charge is 0.481 e. The summed E-state index contributed by atoms with van der Waals surface area (Å²) < 4.78 is 10.6. The van der Waals surface area contributed by atoms with Crippen molar-refractivity contribution in [3.05, 3.63) is 59.7 Å². The molecule has 0 saturated heterocycles. The number of nitrogens with zero attached hydrogens (tertiary/aromatic N) is 1. The van der Waals surface area contributed by atoms with Gasteiger partial charge in [0.25, 0.3) is 0 Å². The van der Waals surface area contributed by atoms with Gasteiger partial charge in [0, 0.05) is 11.1 Å². The highest BCUT2D eigenvalue weighted by molar-refractivity contribution is 6.12. The number of ether oxygens (including phenoxy) is 2. The van der Waals surface area contributed by atoms with Crippen LogP contribution in [0.4, 0.5) is 0 Å². The average molecular weight is 305 g/mol. The van der Waals surface area contributed by atoms with Crippen LogP contribution in [0.2, 0.25) is 0 Å². The minimum absolute atomic E-state index is 0.208. The van der Waals surface area contributed by atoms with Gasteiger partial charge in [-0.2, -0.15) is 0 Å². The van der Waals surface area contributed by atoms with Crippen molar-refractivity contribution in [3.8, 4) is 36.2 Å². The standard InChI is InChI=1S/C19H15NO3/c1-3-13-22-17-9-5-15(6-10-17)19(20-21)16-7-11-18(12-8-16)23-14-4-2/h1-2,5-12,21H,13-14H2. The molecule has 0 fully saturated rings. The number of benzene rings is 2. The molecule has 0 aliphatic carbocycles.